The molecule has 1 aromatic carbocycles. The number of primary amides is 1. The molecule has 0 saturated carbocycles. The van der Waals surface area contributed by atoms with Crippen molar-refractivity contribution < 1.29 is 14.0 Å². The third-order valence-electron chi connectivity index (χ3n) is 6.81. The minimum atomic E-state index is -0.647. The minimum absolute atomic E-state index is 0.0105. The van der Waals surface area contributed by atoms with Crippen LogP contribution in [0.5, 0.6) is 0 Å². The van der Waals surface area contributed by atoms with E-state index in [4.69, 9.17) is 10.7 Å². The second-order valence-corrected chi connectivity index (χ2v) is 9.22. The zero-order valence-electron chi connectivity index (χ0n) is 20.4. The Bertz CT molecular complexity index is 1330. The number of aromatic nitrogens is 4. The number of hydrogen-bond acceptors (Lipinski definition) is 8. The lowest BCUT2D eigenvalue weighted by Gasteiger charge is -2.34. The van der Waals surface area contributed by atoms with E-state index >= 15 is 0 Å². The van der Waals surface area contributed by atoms with Gasteiger partial charge in [0.25, 0.3) is 5.91 Å². The van der Waals surface area contributed by atoms with Gasteiger partial charge in [0, 0.05) is 49.2 Å². The first-order valence-corrected chi connectivity index (χ1v) is 12.0. The normalized spacial score (nSPS) is 15.4. The number of benzene rings is 1. The highest BCUT2D eigenvalue weighted by Crippen LogP contribution is 2.35. The van der Waals surface area contributed by atoms with E-state index < -0.39 is 12.6 Å². The molecule has 2 aromatic heterocycles. The molecule has 1 aliphatic carbocycles. The number of ketones is 1. The molecule has 0 spiro atoms. The predicted molar refractivity (Wildman–Crippen MR) is 135 cm³/mol. The molecule has 1 saturated heterocycles. The van der Waals surface area contributed by atoms with Gasteiger partial charge in [0.1, 0.15) is 6.67 Å². The highest BCUT2D eigenvalue weighted by atomic mass is 19.1. The molecule has 3 heterocycles. The quantitative estimate of drug-likeness (QED) is 0.482. The van der Waals surface area contributed by atoms with E-state index in [-0.39, 0.29) is 18.0 Å². The molecule has 36 heavy (non-hydrogen) atoms. The number of nitrogens with one attached hydrogen (secondary N) is 1. The number of nitrogens with two attached hydrogens (primary N) is 1. The number of fused-ring (bicyclic) bond motifs is 3. The first kappa shape index (κ1) is 23.9. The van der Waals surface area contributed by atoms with Crippen molar-refractivity contribution in [1.29, 1.82) is 0 Å². The van der Waals surface area contributed by atoms with Gasteiger partial charge in [-0.05, 0) is 50.6 Å². The lowest BCUT2D eigenvalue weighted by atomic mass is 9.93. The highest BCUT2D eigenvalue weighted by Gasteiger charge is 2.29. The van der Waals surface area contributed by atoms with Crippen LogP contribution in [0.3, 0.4) is 0 Å². The fraction of sp³-hybridized carbons (Fsp3) is 0.400. The number of piperazine rings is 1. The Balaban J connectivity index is 1.52. The Hall–Kier alpha value is -3.86. The average Bonchev–Trinajstić information content (AvgIpc) is 3.24. The Kier molecular flexibility index (Phi) is 6.40. The number of carbonyl (C=O) groups is 2. The van der Waals surface area contributed by atoms with Crippen molar-refractivity contribution in [1.82, 2.24) is 24.6 Å². The van der Waals surface area contributed by atoms with E-state index in [1.54, 1.807) is 6.20 Å². The van der Waals surface area contributed by atoms with Gasteiger partial charge in [0.15, 0.2) is 11.5 Å². The summed E-state index contributed by atoms with van der Waals surface area (Å²) < 4.78 is 14.7. The van der Waals surface area contributed by atoms with E-state index in [1.165, 1.54) is 11.6 Å². The van der Waals surface area contributed by atoms with Crippen LogP contribution in [0, 0.1) is 0 Å². The summed E-state index contributed by atoms with van der Waals surface area (Å²) in [7, 11) is 2.11. The van der Waals surface area contributed by atoms with Crippen LogP contribution in [0.4, 0.5) is 21.7 Å². The summed E-state index contributed by atoms with van der Waals surface area (Å²) >= 11 is 0. The predicted octanol–water partition coefficient (Wildman–Crippen LogP) is 2.21. The average molecular weight is 493 g/mol. The van der Waals surface area contributed by atoms with Gasteiger partial charge in [-0.1, -0.05) is 0 Å². The van der Waals surface area contributed by atoms with Crippen LogP contribution < -0.4 is 16.0 Å². The molecule has 0 unspecified atom stereocenters. The van der Waals surface area contributed by atoms with Crippen molar-refractivity contribution in [2.24, 2.45) is 5.73 Å². The molecule has 0 atom stereocenters. The molecular weight excluding hydrogens is 463 g/mol. The molecule has 5 rings (SSSR count). The van der Waals surface area contributed by atoms with E-state index in [1.807, 2.05) is 18.2 Å². The Morgan fingerprint density at radius 2 is 1.94 bits per heavy atom. The lowest BCUT2D eigenvalue weighted by Crippen LogP contribution is -2.44. The van der Waals surface area contributed by atoms with Crippen LogP contribution in [0.25, 0.3) is 11.4 Å². The summed E-state index contributed by atoms with van der Waals surface area (Å²) in [5.74, 6) is -0.422. The number of anilines is 3. The number of halogens is 1. The molecule has 0 bridgehead atoms. The third kappa shape index (κ3) is 4.41. The van der Waals surface area contributed by atoms with Crippen LogP contribution in [0.2, 0.25) is 0 Å². The fourth-order valence-corrected chi connectivity index (χ4v) is 4.88. The van der Waals surface area contributed by atoms with Gasteiger partial charge < -0.3 is 20.9 Å². The van der Waals surface area contributed by atoms with Crippen LogP contribution >= 0.6 is 0 Å². The number of alkyl halides is 1. The highest BCUT2D eigenvalue weighted by molar-refractivity contribution is 6.01. The second-order valence-electron chi connectivity index (χ2n) is 9.22. The first-order valence-electron chi connectivity index (χ1n) is 12.0. The van der Waals surface area contributed by atoms with E-state index in [0.717, 1.165) is 37.4 Å². The number of nitrogens with zero attached hydrogens (tertiary/aromatic N) is 6. The van der Waals surface area contributed by atoms with Gasteiger partial charge in [-0.2, -0.15) is 5.10 Å². The van der Waals surface area contributed by atoms with Crippen molar-refractivity contribution in [2.45, 2.75) is 26.3 Å². The number of likely N-dealkylation sites (N-methyl/N-ethyl adjacent to an activating group) is 1. The molecule has 3 aromatic rings. The van der Waals surface area contributed by atoms with Crippen LogP contribution in [0.15, 0.2) is 24.4 Å². The van der Waals surface area contributed by atoms with Gasteiger partial charge in [-0.3, -0.25) is 14.3 Å². The number of amides is 1. The molecule has 2 aliphatic rings. The number of hydrogen-bond donors (Lipinski definition) is 2. The summed E-state index contributed by atoms with van der Waals surface area (Å²) in [4.78, 5) is 38.1. The smallest absolute Gasteiger partial charge is 0.269 e. The maximum atomic E-state index is 13.3. The van der Waals surface area contributed by atoms with Crippen molar-refractivity contribution in [3.63, 3.8) is 0 Å². The topological polar surface area (TPSA) is 122 Å². The minimum Gasteiger partial charge on any atom is -0.369 e. The van der Waals surface area contributed by atoms with E-state index in [9.17, 15) is 14.0 Å². The lowest BCUT2D eigenvalue weighted by molar-refractivity contribution is 0.0990. The fourth-order valence-electron chi connectivity index (χ4n) is 4.88. The maximum absolute atomic E-state index is 13.3. The molecule has 3 N–H and O–H groups in total. The molecule has 1 amide bonds. The maximum Gasteiger partial charge on any atom is 0.269 e. The molecule has 0 radical (unpaired) electrons. The van der Waals surface area contributed by atoms with Crippen molar-refractivity contribution >= 4 is 29.0 Å². The Morgan fingerprint density at radius 3 is 2.64 bits per heavy atom. The van der Waals surface area contributed by atoms with Crippen LogP contribution in [-0.4, -0.2) is 76.2 Å². The zero-order chi connectivity index (χ0) is 25.4. The zero-order valence-corrected chi connectivity index (χ0v) is 20.4. The molecule has 1 fully saturated rings. The second kappa shape index (κ2) is 9.65. The van der Waals surface area contributed by atoms with Gasteiger partial charge in [0.05, 0.1) is 23.6 Å². The number of Topliss-reactive ketones (excluding diaryl/α,β-unsaturated/α-hetero) is 1. The largest absolute Gasteiger partial charge is 0.369 e. The molecule has 1 aliphatic heterocycles. The molecule has 188 valence electrons. The number of carbonyl (C=O) groups excluding carboxylic acids is 2. The third-order valence-corrected chi connectivity index (χ3v) is 6.81. The van der Waals surface area contributed by atoms with Crippen molar-refractivity contribution in [3.05, 3.63) is 46.8 Å². The monoisotopic (exact) mass is 492 g/mol. The van der Waals surface area contributed by atoms with E-state index in [0.29, 0.717) is 47.0 Å². The van der Waals surface area contributed by atoms with Crippen LogP contribution in [-0.2, 0) is 19.4 Å². The summed E-state index contributed by atoms with van der Waals surface area (Å²) in [6.45, 7) is 4.60. The molecular formula is C25H29FN8O2. The molecule has 11 heteroatoms. The summed E-state index contributed by atoms with van der Waals surface area (Å²) in [6.07, 6.45) is 2.88. The summed E-state index contributed by atoms with van der Waals surface area (Å²) in [5, 5.41) is 7.50. The van der Waals surface area contributed by atoms with Crippen molar-refractivity contribution in [2.75, 3.05) is 50.1 Å². The number of rotatable bonds is 7. The first-order chi connectivity index (χ1) is 17.4. The van der Waals surface area contributed by atoms with Crippen LogP contribution in [0.1, 0.15) is 38.9 Å². The summed E-state index contributed by atoms with van der Waals surface area (Å²) in [6, 6.07) is 5.74. The van der Waals surface area contributed by atoms with Crippen molar-refractivity contribution in [3.8, 4) is 11.4 Å². The molecule has 10 nitrogen and oxygen atoms in total. The van der Waals surface area contributed by atoms with Gasteiger partial charge in [0.2, 0.25) is 5.95 Å². The standard InChI is InChI=1S/C25H29FN8O2/c1-15(35)18-6-4-17(33-11-9-32(2)10-12-33)13-20(18)29-25-28-14-16-3-5-19-22(24(27)36)31-34(8-7-26)23(19)21(16)30-25/h4,6,13-14H,3,5,7-12H2,1-2H3,(H2,27,36)(H,28,29,30). The van der Waals surface area contributed by atoms with Gasteiger partial charge in [-0.25, -0.2) is 14.4 Å². The van der Waals surface area contributed by atoms with E-state index in [2.05, 4.69) is 32.2 Å². The SMILES string of the molecule is CC(=O)c1ccc(N2CCN(C)CC2)cc1Nc1ncc2c(n1)-c1c(c(C(N)=O)nn1CCF)CC2. The van der Waals surface area contributed by atoms with Gasteiger partial charge >= 0.3 is 0 Å². The Labute approximate surface area is 208 Å². The summed E-state index contributed by atoms with van der Waals surface area (Å²) in [5.41, 5.74) is 10.6. The Morgan fingerprint density at radius 1 is 1.17 bits per heavy atom. The number of aryl methyl sites for hydroxylation is 2. The van der Waals surface area contributed by atoms with Gasteiger partial charge in [-0.15, -0.1) is 0 Å².